The van der Waals surface area contributed by atoms with Crippen LogP contribution in [0.5, 0.6) is 0 Å². The molecule has 2 rings (SSSR count). The average molecular weight is 298 g/mol. The number of nitrogens with zero attached hydrogens (tertiary/aromatic N) is 3. The maximum absolute atomic E-state index is 4.38. The Kier molecular flexibility index (Phi) is 4.77. The molecule has 0 spiro atoms. The first-order valence-corrected chi connectivity index (χ1v) is 7.31. The Morgan fingerprint density at radius 1 is 1.29 bits per heavy atom. The highest BCUT2D eigenvalue weighted by atomic mass is 79.9. The van der Waals surface area contributed by atoms with Gasteiger partial charge in [0.1, 0.15) is 0 Å². The van der Waals surface area contributed by atoms with Crippen LogP contribution in [0.4, 0.5) is 5.95 Å². The Balaban J connectivity index is 1.96. The second-order valence-electron chi connectivity index (χ2n) is 4.77. The zero-order valence-electron chi connectivity index (χ0n) is 10.4. The number of halogens is 1. The van der Waals surface area contributed by atoms with E-state index in [-0.39, 0.29) is 0 Å². The van der Waals surface area contributed by atoms with Crippen LogP contribution in [0.3, 0.4) is 0 Å². The molecule has 1 atom stereocenters. The summed E-state index contributed by atoms with van der Waals surface area (Å²) in [5.74, 6) is 1.78. The lowest BCUT2D eigenvalue weighted by Gasteiger charge is -2.20. The van der Waals surface area contributed by atoms with Crippen LogP contribution in [-0.4, -0.2) is 23.1 Å². The zero-order valence-corrected chi connectivity index (χ0v) is 12.0. The van der Waals surface area contributed by atoms with Crippen LogP contribution in [0.15, 0.2) is 16.9 Å². The Morgan fingerprint density at radius 2 is 2.06 bits per heavy atom. The molecule has 0 N–H and O–H groups in total. The third-order valence-electron chi connectivity index (χ3n) is 3.43. The predicted octanol–water partition coefficient (Wildman–Crippen LogP) is 3.65. The van der Waals surface area contributed by atoms with E-state index in [4.69, 9.17) is 0 Å². The van der Waals surface area contributed by atoms with Crippen LogP contribution in [0.2, 0.25) is 0 Å². The Hall–Kier alpha value is -0.640. The van der Waals surface area contributed by atoms with Crippen molar-refractivity contribution in [1.29, 1.82) is 0 Å². The van der Waals surface area contributed by atoms with Gasteiger partial charge in [-0.15, -0.1) is 0 Å². The zero-order chi connectivity index (χ0) is 12.1. The van der Waals surface area contributed by atoms with E-state index in [1.807, 2.05) is 12.4 Å². The van der Waals surface area contributed by atoms with E-state index in [0.29, 0.717) is 0 Å². The van der Waals surface area contributed by atoms with Gasteiger partial charge in [0.15, 0.2) is 0 Å². The summed E-state index contributed by atoms with van der Waals surface area (Å²) >= 11 is 3.37. The minimum absolute atomic E-state index is 0.880. The number of hydrogen-bond acceptors (Lipinski definition) is 3. The summed E-state index contributed by atoms with van der Waals surface area (Å²) in [6.45, 7) is 4.48. The second kappa shape index (κ2) is 6.34. The predicted molar refractivity (Wildman–Crippen MR) is 74.2 cm³/mol. The number of anilines is 1. The highest BCUT2D eigenvalue weighted by Gasteiger charge is 2.17. The highest BCUT2D eigenvalue weighted by Crippen LogP contribution is 2.23. The van der Waals surface area contributed by atoms with Crippen LogP contribution in [0, 0.1) is 5.92 Å². The maximum atomic E-state index is 4.38. The summed E-state index contributed by atoms with van der Waals surface area (Å²) in [5, 5.41) is 0. The molecule has 0 aromatic carbocycles. The molecule has 1 aliphatic heterocycles. The third kappa shape index (κ3) is 3.66. The van der Waals surface area contributed by atoms with Crippen molar-refractivity contribution in [2.24, 2.45) is 5.92 Å². The monoisotopic (exact) mass is 297 g/mol. The van der Waals surface area contributed by atoms with Crippen LogP contribution < -0.4 is 4.90 Å². The Labute approximate surface area is 112 Å². The standard InChI is InChI=1S/C13H20BrN3/c1-2-4-11-5-3-7-17(8-6-11)13-15-9-12(14)10-16-13/h9-11H,2-8H2,1H3. The highest BCUT2D eigenvalue weighted by molar-refractivity contribution is 9.10. The summed E-state index contributed by atoms with van der Waals surface area (Å²) in [7, 11) is 0. The molecule has 0 aliphatic carbocycles. The van der Waals surface area contributed by atoms with E-state index in [0.717, 1.165) is 29.4 Å². The van der Waals surface area contributed by atoms with Gasteiger partial charge in [-0.25, -0.2) is 9.97 Å². The fourth-order valence-electron chi connectivity index (χ4n) is 2.53. The van der Waals surface area contributed by atoms with Gasteiger partial charge in [-0.2, -0.15) is 0 Å². The molecule has 4 heteroatoms. The minimum atomic E-state index is 0.880. The lowest BCUT2D eigenvalue weighted by atomic mass is 9.96. The number of aromatic nitrogens is 2. The van der Waals surface area contributed by atoms with E-state index >= 15 is 0 Å². The molecule has 1 aromatic rings. The normalized spacial score (nSPS) is 21.3. The Morgan fingerprint density at radius 3 is 2.76 bits per heavy atom. The van der Waals surface area contributed by atoms with Crippen LogP contribution in [0.1, 0.15) is 39.0 Å². The van der Waals surface area contributed by atoms with E-state index in [1.165, 1.54) is 32.1 Å². The molecule has 0 bridgehead atoms. The van der Waals surface area contributed by atoms with E-state index in [2.05, 4.69) is 37.7 Å². The lowest BCUT2D eigenvalue weighted by Crippen LogP contribution is -2.26. The topological polar surface area (TPSA) is 29.0 Å². The van der Waals surface area contributed by atoms with Crippen LogP contribution >= 0.6 is 15.9 Å². The van der Waals surface area contributed by atoms with Gasteiger partial charge in [-0.3, -0.25) is 0 Å². The first-order chi connectivity index (χ1) is 8.29. The molecular formula is C13H20BrN3. The van der Waals surface area contributed by atoms with Gasteiger partial charge in [0, 0.05) is 25.5 Å². The molecule has 1 fully saturated rings. The molecule has 1 saturated heterocycles. The fraction of sp³-hybridized carbons (Fsp3) is 0.692. The van der Waals surface area contributed by atoms with Gasteiger partial charge >= 0.3 is 0 Å². The summed E-state index contributed by atoms with van der Waals surface area (Å²) in [4.78, 5) is 11.1. The van der Waals surface area contributed by atoms with E-state index in [1.54, 1.807) is 0 Å². The van der Waals surface area contributed by atoms with Gasteiger partial charge in [0.25, 0.3) is 0 Å². The van der Waals surface area contributed by atoms with Crippen LogP contribution in [0.25, 0.3) is 0 Å². The lowest BCUT2D eigenvalue weighted by molar-refractivity contribution is 0.435. The summed E-state index contributed by atoms with van der Waals surface area (Å²) in [6, 6.07) is 0. The summed E-state index contributed by atoms with van der Waals surface area (Å²) in [6.07, 6.45) is 10.3. The summed E-state index contributed by atoms with van der Waals surface area (Å²) in [5.41, 5.74) is 0. The molecule has 1 aliphatic rings. The van der Waals surface area contributed by atoms with Crippen molar-refractivity contribution in [2.75, 3.05) is 18.0 Å². The van der Waals surface area contributed by atoms with E-state index < -0.39 is 0 Å². The van der Waals surface area contributed by atoms with Crippen molar-refractivity contribution in [3.8, 4) is 0 Å². The van der Waals surface area contributed by atoms with Gasteiger partial charge in [-0.1, -0.05) is 19.8 Å². The quantitative estimate of drug-likeness (QED) is 0.853. The number of rotatable bonds is 3. The number of hydrogen-bond donors (Lipinski definition) is 0. The molecule has 17 heavy (non-hydrogen) atoms. The van der Waals surface area contributed by atoms with Crippen molar-refractivity contribution in [3.63, 3.8) is 0 Å². The van der Waals surface area contributed by atoms with Crippen molar-refractivity contribution in [1.82, 2.24) is 9.97 Å². The summed E-state index contributed by atoms with van der Waals surface area (Å²) < 4.78 is 0.944. The van der Waals surface area contributed by atoms with Gasteiger partial charge in [0.05, 0.1) is 4.47 Å². The van der Waals surface area contributed by atoms with Crippen molar-refractivity contribution in [3.05, 3.63) is 16.9 Å². The maximum Gasteiger partial charge on any atom is 0.225 e. The molecule has 0 amide bonds. The molecule has 1 unspecified atom stereocenters. The average Bonchev–Trinajstić information content (AvgIpc) is 2.56. The van der Waals surface area contributed by atoms with Crippen LogP contribution in [-0.2, 0) is 0 Å². The molecule has 2 heterocycles. The van der Waals surface area contributed by atoms with Gasteiger partial charge in [0.2, 0.25) is 5.95 Å². The molecule has 94 valence electrons. The molecular weight excluding hydrogens is 278 g/mol. The molecule has 3 nitrogen and oxygen atoms in total. The first-order valence-electron chi connectivity index (χ1n) is 6.52. The first kappa shape index (κ1) is 12.8. The third-order valence-corrected chi connectivity index (χ3v) is 3.84. The molecule has 0 saturated carbocycles. The molecule has 1 aromatic heterocycles. The van der Waals surface area contributed by atoms with Crippen molar-refractivity contribution in [2.45, 2.75) is 39.0 Å². The van der Waals surface area contributed by atoms with E-state index in [9.17, 15) is 0 Å². The fourth-order valence-corrected chi connectivity index (χ4v) is 2.74. The Bertz CT molecular complexity index is 339. The molecule has 0 radical (unpaired) electrons. The largest absolute Gasteiger partial charge is 0.341 e. The minimum Gasteiger partial charge on any atom is -0.341 e. The smallest absolute Gasteiger partial charge is 0.225 e. The van der Waals surface area contributed by atoms with Crippen molar-refractivity contribution < 1.29 is 0 Å². The SMILES string of the molecule is CCCC1CCCN(c2ncc(Br)cn2)CC1. The van der Waals surface area contributed by atoms with Gasteiger partial charge < -0.3 is 4.90 Å². The van der Waals surface area contributed by atoms with Gasteiger partial charge in [-0.05, 0) is 41.1 Å². The van der Waals surface area contributed by atoms with Crippen molar-refractivity contribution >= 4 is 21.9 Å². The second-order valence-corrected chi connectivity index (χ2v) is 5.69.